The maximum atomic E-state index is 5.23. The molecule has 3 rings (SSSR count). The highest BCUT2D eigenvalue weighted by Crippen LogP contribution is 2.26. The maximum Gasteiger partial charge on any atom is 0.0536 e. The number of hydrogen-bond acceptors (Lipinski definition) is 3. The molecule has 3 nitrogen and oxygen atoms in total. The average Bonchev–Trinajstić information content (AvgIpc) is 2.63. The second-order valence-corrected chi connectivity index (χ2v) is 4.78. The van der Waals surface area contributed by atoms with Gasteiger partial charge >= 0.3 is 0 Å². The van der Waals surface area contributed by atoms with E-state index in [0.29, 0.717) is 12.0 Å². The molecule has 1 atom stereocenters. The van der Waals surface area contributed by atoms with Gasteiger partial charge in [0.1, 0.15) is 0 Å². The van der Waals surface area contributed by atoms with Crippen LogP contribution in [0.4, 0.5) is 5.69 Å². The lowest BCUT2D eigenvalue weighted by Crippen LogP contribution is -2.40. The minimum absolute atomic E-state index is 0.501. The highest BCUT2D eigenvalue weighted by Gasteiger charge is 2.25. The van der Waals surface area contributed by atoms with Crippen molar-refractivity contribution < 1.29 is 4.74 Å². The number of benzene rings is 1. The molecule has 1 fully saturated rings. The predicted octanol–water partition coefficient (Wildman–Crippen LogP) is 1.74. The Labute approximate surface area is 96.2 Å². The van der Waals surface area contributed by atoms with Crippen LogP contribution in [0.1, 0.15) is 18.1 Å². The van der Waals surface area contributed by atoms with Crippen LogP contribution >= 0.6 is 0 Å². The fraction of sp³-hybridized carbons (Fsp3) is 0.538. The van der Waals surface area contributed by atoms with Gasteiger partial charge < -0.3 is 15.4 Å². The molecule has 0 aliphatic carbocycles. The van der Waals surface area contributed by atoms with Gasteiger partial charge in [-0.1, -0.05) is 12.1 Å². The Bertz CT molecular complexity index is 388. The summed E-state index contributed by atoms with van der Waals surface area (Å²) in [5, 5.41) is 7.02. The first-order valence-electron chi connectivity index (χ1n) is 6.00. The third kappa shape index (κ3) is 1.70. The second kappa shape index (κ2) is 4.07. The van der Waals surface area contributed by atoms with Crippen LogP contribution in [0, 0.1) is 5.92 Å². The molecule has 0 aromatic heterocycles. The van der Waals surface area contributed by atoms with E-state index in [4.69, 9.17) is 4.74 Å². The zero-order valence-corrected chi connectivity index (χ0v) is 9.62. The number of hydrogen-bond donors (Lipinski definition) is 2. The molecule has 2 aliphatic heterocycles. The largest absolute Gasteiger partial charge is 0.382 e. The van der Waals surface area contributed by atoms with Crippen molar-refractivity contribution in [3.05, 3.63) is 29.3 Å². The van der Waals surface area contributed by atoms with Crippen LogP contribution in [0.5, 0.6) is 0 Å². The zero-order valence-electron chi connectivity index (χ0n) is 9.62. The number of anilines is 1. The second-order valence-electron chi connectivity index (χ2n) is 4.78. The molecule has 3 heteroatoms. The minimum atomic E-state index is 0.501. The van der Waals surface area contributed by atoms with Gasteiger partial charge in [0, 0.05) is 30.7 Å². The van der Waals surface area contributed by atoms with Gasteiger partial charge in [0.25, 0.3) is 0 Å². The Morgan fingerprint density at radius 1 is 1.38 bits per heavy atom. The van der Waals surface area contributed by atoms with Gasteiger partial charge in [0.05, 0.1) is 13.2 Å². The Hall–Kier alpha value is -1.06. The van der Waals surface area contributed by atoms with E-state index in [2.05, 4.69) is 35.8 Å². The van der Waals surface area contributed by atoms with E-state index in [1.807, 2.05) is 0 Å². The first-order chi connectivity index (χ1) is 7.84. The van der Waals surface area contributed by atoms with E-state index in [1.165, 1.54) is 16.8 Å². The van der Waals surface area contributed by atoms with Gasteiger partial charge in [-0.3, -0.25) is 0 Å². The van der Waals surface area contributed by atoms with Gasteiger partial charge in [-0.2, -0.15) is 0 Å². The smallest absolute Gasteiger partial charge is 0.0536 e. The lowest BCUT2D eigenvalue weighted by molar-refractivity contribution is -0.0379. The van der Waals surface area contributed by atoms with Crippen molar-refractivity contribution in [2.24, 2.45) is 5.92 Å². The zero-order chi connectivity index (χ0) is 11.0. The van der Waals surface area contributed by atoms with Gasteiger partial charge in [-0.15, -0.1) is 0 Å². The SMILES string of the molecule is CC(Nc1cccc2c1CNC2)C1COC1. The normalized spacial score (nSPS) is 21.3. The number of rotatable bonds is 3. The van der Waals surface area contributed by atoms with Gasteiger partial charge in [-0.05, 0) is 24.1 Å². The highest BCUT2D eigenvalue weighted by atomic mass is 16.5. The van der Waals surface area contributed by atoms with Crippen LogP contribution in [0.25, 0.3) is 0 Å². The summed E-state index contributed by atoms with van der Waals surface area (Å²) in [6.07, 6.45) is 0. The summed E-state index contributed by atoms with van der Waals surface area (Å²) in [7, 11) is 0. The summed E-state index contributed by atoms with van der Waals surface area (Å²) < 4.78 is 5.23. The summed E-state index contributed by atoms with van der Waals surface area (Å²) in [6, 6.07) is 7.03. The van der Waals surface area contributed by atoms with Crippen LogP contribution in [-0.4, -0.2) is 19.3 Å². The van der Waals surface area contributed by atoms with E-state index >= 15 is 0 Å². The summed E-state index contributed by atoms with van der Waals surface area (Å²) in [5.74, 6) is 0.671. The standard InChI is InChI=1S/C13H18N2O/c1-9(11-7-16-8-11)15-13-4-2-3-10-5-14-6-12(10)13/h2-4,9,11,14-15H,5-8H2,1H3. The van der Waals surface area contributed by atoms with E-state index in [1.54, 1.807) is 0 Å². The first-order valence-corrected chi connectivity index (χ1v) is 6.00. The molecule has 86 valence electrons. The van der Waals surface area contributed by atoms with Gasteiger partial charge in [-0.25, -0.2) is 0 Å². The molecule has 0 bridgehead atoms. The van der Waals surface area contributed by atoms with E-state index < -0.39 is 0 Å². The minimum Gasteiger partial charge on any atom is -0.382 e. The van der Waals surface area contributed by atoms with Gasteiger partial charge in [0.2, 0.25) is 0 Å². The average molecular weight is 218 g/mol. The molecule has 1 aromatic carbocycles. The van der Waals surface area contributed by atoms with Crippen LogP contribution < -0.4 is 10.6 Å². The number of fused-ring (bicyclic) bond motifs is 1. The fourth-order valence-corrected chi connectivity index (χ4v) is 2.37. The molecule has 0 saturated carbocycles. The van der Waals surface area contributed by atoms with E-state index in [0.717, 1.165) is 26.3 Å². The molecule has 1 aromatic rings. The van der Waals surface area contributed by atoms with Crippen molar-refractivity contribution in [2.75, 3.05) is 18.5 Å². The van der Waals surface area contributed by atoms with Crippen molar-refractivity contribution in [2.45, 2.75) is 26.1 Å². The summed E-state index contributed by atoms with van der Waals surface area (Å²) in [5.41, 5.74) is 4.17. The summed E-state index contributed by atoms with van der Waals surface area (Å²) in [4.78, 5) is 0. The topological polar surface area (TPSA) is 33.3 Å². The van der Waals surface area contributed by atoms with E-state index in [-0.39, 0.29) is 0 Å². The summed E-state index contributed by atoms with van der Waals surface area (Å²) >= 11 is 0. The molecule has 16 heavy (non-hydrogen) atoms. The number of nitrogens with one attached hydrogen (secondary N) is 2. The van der Waals surface area contributed by atoms with Crippen LogP contribution in [-0.2, 0) is 17.8 Å². The van der Waals surface area contributed by atoms with Crippen molar-refractivity contribution in [1.29, 1.82) is 0 Å². The van der Waals surface area contributed by atoms with Crippen LogP contribution in [0.15, 0.2) is 18.2 Å². The monoisotopic (exact) mass is 218 g/mol. The quantitative estimate of drug-likeness (QED) is 0.810. The molecule has 1 unspecified atom stereocenters. The number of ether oxygens (including phenoxy) is 1. The van der Waals surface area contributed by atoms with Crippen LogP contribution in [0.2, 0.25) is 0 Å². The van der Waals surface area contributed by atoms with Crippen molar-refractivity contribution in [3.8, 4) is 0 Å². The molecule has 2 aliphatic rings. The Kier molecular flexibility index (Phi) is 2.58. The Morgan fingerprint density at radius 3 is 3.00 bits per heavy atom. The fourth-order valence-electron chi connectivity index (χ4n) is 2.37. The van der Waals surface area contributed by atoms with Crippen LogP contribution in [0.3, 0.4) is 0 Å². The maximum absolute atomic E-state index is 5.23. The lowest BCUT2D eigenvalue weighted by Gasteiger charge is -2.33. The molecule has 0 spiro atoms. The molecule has 0 amide bonds. The van der Waals surface area contributed by atoms with Crippen molar-refractivity contribution in [1.82, 2.24) is 5.32 Å². The van der Waals surface area contributed by atoms with Crippen molar-refractivity contribution >= 4 is 5.69 Å². The highest BCUT2D eigenvalue weighted by molar-refractivity contribution is 5.56. The lowest BCUT2D eigenvalue weighted by atomic mass is 9.98. The Balaban J connectivity index is 1.76. The molecular formula is C13H18N2O. The molecule has 2 N–H and O–H groups in total. The van der Waals surface area contributed by atoms with E-state index in [9.17, 15) is 0 Å². The van der Waals surface area contributed by atoms with Gasteiger partial charge in [0.15, 0.2) is 0 Å². The predicted molar refractivity (Wildman–Crippen MR) is 64.4 cm³/mol. The molecule has 1 saturated heterocycles. The Morgan fingerprint density at radius 2 is 2.25 bits per heavy atom. The first kappa shape index (κ1) is 10.1. The molecular weight excluding hydrogens is 200 g/mol. The third-order valence-corrected chi connectivity index (χ3v) is 3.64. The molecule has 0 radical (unpaired) electrons. The van der Waals surface area contributed by atoms with Crippen molar-refractivity contribution in [3.63, 3.8) is 0 Å². The molecule has 2 heterocycles. The summed E-state index contributed by atoms with van der Waals surface area (Å²) in [6.45, 7) is 6.05. The third-order valence-electron chi connectivity index (χ3n) is 3.64.